The van der Waals surface area contributed by atoms with Gasteiger partial charge in [0.25, 0.3) is 5.91 Å². The van der Waals surface area contributed by atoms with Crippen molar-refractivity contribution in [3.05, 3.63) is 0 Å². The largest absolute Gasteiger partial charge is 0.436 e. The molecule has 1 aliphatic carbocycles. The summed E-state index contributed by atoms with van der Waals surface area (Å²) >= 11 is 0. The number of carbonyl (C=O) groups is 5. The molecule has 3 aliphatic rings. The van der Waals surface area contributed by atoms with Crippen LogP contribution >= 0.6 is 0 Å². The van der Waals surface area contributed by atoms with Crippen LogP contribution in [0.1, 0.15) is 68.2 Å². The van der Waals surface area contributed by atoms with Gasteiger partial charge in [0.15, 0.2) is 6.10 Å². The van der Waals surface area contributed by atoms with Crippen LogP contribution in [0.25, 0.3) is 0 Å². The Hall–Kier alpha value is -2.85. The number of primary amides is 1. The maximum absolute atomic E-state index is 13.8. The molecule has 2 heterocycles. The molecule has 0 unspecified atom stereocenters. The number of rotatable bonds is 7. The van der Waals surface area contributed by atoms with Crippen molar-refractivity contribution in [1.82, 2.24) is 20.9 Å². The molecule has 0 aromatic carbocycles. The van der Waals surface area contributed by atoms with Gasteiger partial charge >= 0.3 is 6.09 Å². The second-order valence-corrected chi connectivity index (χ2v) is 13.4. The van der Waals surface area contributed by atoms with Crippen molar-refractivity contribution >= 4 is 29.7 Å². The number of alkyl carbamates (subject to hydrolysis) is 1. The van der Waals surface area contributed by atoms with E-state index in [1.165, 1.54) is 4.90 Å². The molecular formula is C26H43N5O6. The van der Waals surface area contributed by atoms with E-state index in [0.29, 0.717) is 19.5 Å². The zero-order valence-electron chi connectivity index (χ0n) is 23.3. The van der Waals surface area contributed by atoms with E-state index in [4.69, 9.17) is 10.5 Å². The number of fused-ring (bicyclic) bond motifs is 1. The molecular weight excluding hydrogens is 478 g/mol. The minimum atomic E-state index is -1.13. The zero-order chi connectivity index (χ0) is 28.1. The topological polar surface area (TPSA) is 160 Å². The Kier molecular flexibility index (Phi) is 7.60. The van der Waals surface area contributed by atoms with Crippen LogP contribution in [0.5, 0.6) is 0 Å². The van der Waals surface area contributed by atoms with Gasteiger partial charge in [-0.05, 0) is 50.9 Å². The molecule has 0 radical (unpaired) electrons. The lowest BCUT2D eigenvalue weighted by molar-refractivity contribution is -0.152. The zero-order valence-corrected chi connectivity index (χ0v) is 23.3. The summed E-state index contributed by atoms with van der Waals surface area (Å²) in [5.74, 6) is -2.26. The summed E-state index contributed by atoms with van der Waals surface area (Å²) < 4.78 is 5.62. The van der Waals surface area contributed by atoms with Crippen molar-refractivity contribution in [2.75, 3.05) is 13.1 Å². The lowest BCUT2D eigenvalue weighted by Crippen LogP contribution is -2.58. The van der Waals surface area contributed by atoms with Gasteiger partial charge in [-0.1, -0.05) is 34.6 Å². The van der Waals surface area contributed by atoms with Gasteiger partial charge in [0.05, 0.1) is 0 Å². The van der Waals surface area contributed by atoms with E-state index in [-0.39, 0.29) is 29.6 Å². The normalized spacial score (nSPS) is 28.0. The summed E-state index contributed by atoms with van der Waals surface area (Å²) in [6.45, 7) is 15.8. The molecule has 5 amide bonds. The fourth-order valence-corrected chi connectivity index (χ4v) is 5.66. The minimum Gasteiger partial charge on any atom is -0.436 e. The highest BCUT2D eigenvalue weighted by atomic mass is 16.6. The summed E-state index contributed by atoms with van der Waals surface area (Å²) in [5, 5.41) is 8.16. The van der Waals surface area contributed by atoms with E-state index in [0.717, 1.165) is 0 Å². The summed E-state index contributed by atoms with van der Waals surface area (Å²) in [7, 11) is 0. The highest BCUT2D eigenvalue weighted by Gasteiger charge is 2.70. The first-order valence-corrected chi connectivity index (χ1v) is 13.0. The third-order valence-corrected chi connectivity index (χ3v) is 7.82. The van der Waals surface area contributed by atoms with Crippen LogP contribution in [0, 0.1) is 28.6 Å². The molecule has 3 rings (SSSR count). The Morgan fingerprint density at radius 2 is 1.78 bits per heavy atom. The van der Waals surface area contributed by atoms with Crippen molar-refractivity contribution in [1.29, 1.82) is 0 Å². The number of piperidine rings is 1. The maximum Gasteiger partial charge on any atom is 0.408 e. The Balaban J connectivity index is 1.81. The molecule has 2 saturated heterocycles. The Labute approximate surface area is 219 Å². The molecule has 2 aliphatic heterocycles. The first-order chi connectivity index (χ1) is 16.8. The molecule has 11 heteroatoms. The number of hydrogen-bond acceptors (Lipinski definition) is 6. The molecule has 6 atom stereocenters. The third kappa shape index (κ3) is 6.18. The van der Waals surface area contributed by atoms with Crippen LogP contribution in [0.15, 0.2) is 0 Å². The number of nitrogens with zero attached hydrogens (tertiary/aromatic N) is 1. The van der Waals surface area contributed by atoms with E-state index in [2.05, 4.69) is 16.0 Å². The lowest BCUT2D eigenvalue weighted by atomic mass is 9.87. The van der Waals surface area contributed by atoms with Crippen molar-refractivity contribution in [3.63, 3.8) is 0 Å². The van der Waals surface area contributed by atoms with Gasteiger partial charge in [-0.3, -0.25) is 19.2 Å². The van der Waals surface area contributed by atoms with E-state index >= 15 is 0 Å². The molecule has 208 valence electrons. The number of nitrogens with one attached hydrogen (secondary N) is 3. The van der Waals surface area contributed by atoms with Gasteiger partial charge in [-0.2, -0.15) is 0 Å². The number of likely N-dealkylation sites (tertiary alicyclic amines) is 1. The molecule has 37 heavy (non-hydrogen) atoms. The van der Waals surface area contributed by atoms with Gasteiger partial charge < -0.3 is 31.3 Å². The molecule has 3 fully saturated rings. The number of amides is 5. The van der Waals surface area contributed by atoms with Gasteiger partial charge in [0.2, 0.25) is 17.7 Å². The summed E-state index contributed by atoms with van der Waals surface area (Å²) in [5.41, 5.74) is 4.14. The van der Waals surface area contributed by atoms with Gasteiger partial charge in [0, 0.05) is 30.0 Å². The predicted molar refractivity (Wildman–Crippen MR) is 136 cm³/mol. The van der Waals surface area contributed by atoms with Gasteiger partial charge in [0.1, 0.15) is 12.1 Å². The minimum absolute atomic E-state index is 0.101. The summed E-state index contributed by atoms with van der Waals surface area (Å²) in [4.78, 5) is 65.7. The first-order valence-electron chi connectivity index (χ1n) is 13.0. The summed E-state index contributed by atoms with van der Waals surface area (Å²) in [6, 6.07) is -1.88. The van der Waals surface area contributed by atoms with E-state index < -0.39 is 58.9 Å². The number of ether oxygens (including phenoxy) is 1. The highest BCUT2D eigenvalue weighted by molar-refractivity contribution is 5.95. The van der Waals surface area contributed by atoms with Crippen LogP contribution in [-0.4, -0.2) is 71.4 Å². The molecule has 0 aromatic rings. The lowest BCUT2D eigenvalue weighted by Gasteiger charge is -2.37. The van der Waals surface area contributed by atoms with Crippen LogP contribution in [0.4, 0.5) is 4.79 Å². The van der Waals surface area contributed by atoms with Crippen LogP contribution < -0.4 is 21.7 Å². The average Bonchev–Trinajstić information content (AvgIpc) is 3.08. The molecule has 5 N–H and O–H groups in total. The molecule has 0 spiro atoms. The first kappa shape index (κ1) is 28.7. The number of nitrogens with two attached hydrogens (primary N) is 1. The Morgan fingerprint density at radius 1 is 1.16 bits per heavy atom. The fourth-order valence-electron chi connectivity index (χ4n) is 5.66. The van der Waals surface area contributed by atoms with Crippen LogP contribution in [-0.2, 0) is 23.9 Å². The van der Waals surface area contributed by atoms with Gasteiger partial charge in [-0.15, -0.1) is 0 Å². The smallest absolute Gasteiger partial charge is 0.408 e. The van der Waals surface area contributed by atoms with Crippen molar-refractivity contribution in [2.24, 2.45) is 34.3 Å². The van der Waals surface area contributed by atoms with E-state index in [9.17, 15) is 24.0 Å². The monoisotopic (exact) mass is 521 g/mol. The van der Waals surface area contributed by atoms with E-state index in [1.807, 2.05) is 34.6 Å². The van der Waals surface area contributed by atoms with Crippen molar-refractivity contribution in [3.8, 4) is 0 Å². The predicted octanol–water partition coefficient (Wildman–Crippen LogP) is 0.905. The molecule has 0 bridgehead atoms. The second kappa shape index (κ2) is 9.79. The third-order valence-electron chi connectivity index (χ3n) is 7.82. The number of hydrogen-bond donors (Lipinski definition) is 4. The standard InChI is InChI=1S/C26H43N5O6/c1-24(2,3)18(37-23(36)30-25(4,5)6)22(35)31-12-14-16(26(14,7)8)17(31)21(34)29-15(19(27)32)11-13-9-10-28-20(13)33/h13-18H,9-12H2,1-8H3,(H2,27,32)(H,28,33)(H,29,34)(H,30,36)/t13-,14-,15-,16+,17-,18+/m0/s1. The Bertz CT molecular complexity index is 965. The molecule has 1 saturated carbocycles. The second-order valence-electron chi connectivity index (χ2n) is 13.4. The average molecular weight is 522 g/mol. The molecule has 11 nitrogen and oxygen atoms in total. The van der Waals surface area contributed by atoms with Crippen molar-refractivity contribution in [2.45, 2.75) is 92.0 Å². The van der Waals surface area contributed by atoms with Crippen LogP contribution in [0.3, 0.4) is 0 Å². The summed E-state index contributed by atoms with van der Waals surface area (Å²) in [6.07, 6.45) is -1.17. The highest BCUT2D eigenvalue weighted by Crippen LogP contribution is 2.65. The SMILES string of the molecule is CC(C)(C)NC(=O)O[C@H](C(=O)N1C[C@H]2[C@H]([C@H]1C(=O)N[C@@H](C[C@@H]1CCNC1=O)C(N)=O)C2(C)C)C(C)(C)C. The van der Waals surface area contributed by atoms with Gasteiger partial charge in [-0.25, -0.2) is 4.79 Å². The van der Waals surface area contributed by atoms with Crippen LogP contribution in [0.2, 0.25) is 0 Å². The quantitative estimate of drug-likeness (QED) is 0.389. The number of carbonyl (C=O) groups excluding carboxylic acids is 5. The van der Waals surface area contributed by atoms with E-state index in [1.54, 1.807) is 20.8 Å². The fraction of sp³-hybridized carbons (Fsp3) is 0.808. The van der Waals surface area contributed by atoms with Crippen molar-refractivity contribution < 1.29 is 28.7 Å². The maximum atomic E-state index is 13.8. The molecule has 0 aromatic heterocycles. The Morgan fingerprint density at radius 3 is 2.27 bits per heavy atom.